The van der Waals surface area contributed by atoms with Gasteiger partial charge < -0.3 is 24.2 Å². The molecule has 0 amide bonds. The summed E-state index contributed by atoms with van der Waals surface area (Å²) in [6.45, 7) is 10.0. The number of esters is 3. The highest BCUT2D eigenvalue weighted by atomic mass is 16.5. The van der Waals surface area contributed by atoms with Crippen LogP contribution in [-0.2, 0) is 28.6 Å². The van der Waals surface area contributed by atoms with Crippen LogP contribution in [0.1, 0.15) is 271 Å². The topological polar surface area (TPSA) is 102 Å². The smallest absolute Gasteiger partial charge is 0.309 e. The van der Waals surface area contributed by atoms with Crippen molar-refractivity contribution in [2.24, 2.45) is 11.8 Å². The van der Waals surface area contributed by atoms with Gasteiger partial charge in [-0.05, 0) is 123 Å². The SMILES string of the molecule is CCCCCC/C=C\CCCCCCCC(=O)OCCCCCCC(O)(CCCCCCOC(=O)C(CCCCCC)CCCCCCCC)CCCCOC(=O)C1CCN(C)CC1. The average molecular weight is 904 g/mol. The first-order valence-electron chi connectivity index (χ1n) is 27.8. The zero-order chi connectivity index (χ0) is 46.6. The summed E-state index contributed by atoms with van der Waals surface area (Å²) in [5.74, 6) is -0.0516. The molecule has 0 radical (unpaired) electrons. The van der Waals surface area contributed by atoms with E-state index in [-0.39, 0.29) is 29.7 Å². The number of nitrogens with zero attached hydrogens (tertiary/aromatic N) is 1. The first kappa shape index (κ1) is 60.1. The van der Waals surface area contributed by atoms with Crippen molar-refractivity contribution in [1.29, 1.82) is 0 Å². The third-order valence-electron chi connectivity index (χ3n) is 13.7. The lowest BCUT2D eigenvalue weighted by Gasteiger charge is -2.29. The second-order valence-electron chi connectivity index (χ2n) is 19.9. The molecule has 0 aromatic heterocycles. The molecule has 1 N–H and O–H groups in total. The Bertz CT molecular complexity index is 1100. The molecule has 2 unspecified atom stereocenters. The number of carbonyl (C=O) groups is 3. The van der Waals surface area contributed by atoms with Gasteiger partial charge in [-0.15, -0.1) is 0 Å². The summed E-state index contributed by atoms with van der Waals surface area (Å²) in [5, 5.41) is 11.9. The first-order chi connectivity index (χ1) is 31.2. The van der Waals surface area contributed by atoms with E-state index in [0.29, 0.717) is 32.7 Å². The Kier molecular flexibility index (Phi) is 41.0. The Labute approximate surface area is 395 Å². The highest BCUT2D eigenvalue weighted by Crippen LogP contribution is 2.29. The second kappa shape index (κ2) is 43.6. The van der Waals surface area contributed by atoms with Crippen LogP contribution in [0.5, 0.6) is 0 Å². The van der Waals surface area contributed by atoms with E-state index in [1.54, 1.807) is 0 Å². The molecule has 1 aliphatic heterocycles. The summed E-state index contributed by atoms with van der Waals surface area (Å²) in [4.78, 5) is 40.3. The molecular formula is C56H105NO7. The van der Waals surface area contributed by atoms with E-state index in [1.807, 2.05) is 0 Å². The fourth-order valence-electron chi connectivity index (χ4n) is 9.19. The molecule has 8 heteroatoms. The van der Waals surface area contributed by atoms with Crippen LogP contribution in [0.4, 0.5) is 0 Å². The Morgan fingerprint density at radius 3 is 1.52 bits per heavy atom. The molecule has 2 atom stereocenters. The summed E-state index contributed by atoms with van der Waals surface area (Å²) >= 11 is 0. The highest BCUT2D eigenvalue weighted by molar-refractivity contribution is 5.72. The molecule has 8 nitrogen and oxygen atoms in total. The Hall–Kier alpha value is -1.93. The molecule has 0 bridgehead atoms. The molecule has 0 aromatic carbocycles. The Morgan fingerprint density at radius 1 is 0.531 bits per heavy atom. The van der Waals surface area contributed by atoms with E-state index in [4.69, 9.17) is 14.2 Å². The van der Waals surface area contributed by atoms with Gasteiger partial charge in [0, 0.05) is 6.42 Å². The van der Waals surface area contributed by atoms with Crippen LogP contribution in [0.15, 0.2) is 12.2 Å². The van der Waals surface area contributed by atoms with Crippen molar-refractivity contribution < 1.29 is 33.7 Å². The molecule has 0 saturated carbocycles. The number of aliphatic hydroxyl groups is 1. The van der Waals surface area contributed by atoms with Crippen LogP contribution in [0.25, 0.3) is 0 Å². The number of hydrogen-bond donors (Lipinski definition) is 1. The number of ether oxygens (including phenoxy) is 3. The van der Waals surface area contributed by atoms with Crippen molar-refractivity contribution in [3.8, 4) is 0 Å². The fraction of sp³-hybridized carbons (Fsp3) is 0.911. The molecule has 376 valence electrons. The molecule has 1 heterocycles. The Morgan fingerprint density at radius 2 is 0.938 bits per heavy atom. The molecule has 1 rings (SSSR count). The molecule has 0 aromatic rings. The molecule has 1 aliphatic rings. The minimum absolute atomic E-state index is 0.0120. The molecule has 1 saturated heterocycles. The summed E-state index contributed by atoms with van der Waals surface area (Å²) in [5.41, 5.74) is -0.733. The molecule has 0 aliphatic carbocycles. The van der Waals surface area contributed by atoms with E-state index in [0.717, 1.165) is 142 Å². The van der Waals surface area contributed by atoms with Crippen LogP contribution < -0.4 is 0 Å². The van der Waals surface area contributed by atoms with Crippen LogP contribution in [-0.4, -0.2) is 73.5 Å². The standard InChI is InChI=1S/C56H105NO7/c1-5-8-11-14-16-17-18-19-20-21-22-24-31-40-53(58)62-48-35-27-25-32-43-56(61,45-34-37-50-64-55(60)52-41-46-57(4)47-42-52)44-33-26-28-36-49-63-54(59)51(38-29-13-10-7-3)39-30-23-15-12-9-6-2/h17-18,51-52,61H,5-16,19-50H2,1-4H3/b18-17-. The predicted molar refractivity (Wildman–Crippen MR) is 269 cm³/mol. The normalized spacial score (nSPS) is 15.1. The van der Waals surface area contributed by atoms with E-state index in [2.05, 4.69) is 44.9 Å². The van der Waals surface area contributed by atoms with Crippen LogP contribution >= 0.6 is 0 Å². The van der Waals surface area contributed by atoms with Gasteiger partial charge in [0.05, 0.1) is 37.3 Å². The summed E-state index contributed by atoms with van der Waals surface area (Å²) in [6, 6.07) is 0. The molecule has 1 fully saturated rings. The van der Waals surface area contributed by atoms with Gasteiger partial charge in [-0.3, -0.25) is 14.4 Å². The van der Waals surface area contributed by atoms with Crippen LogP contribution in [0, 0.1) is 11.8 Å². The number of hydrogen-bond acceptors (Lipinski definition) is 8. The fourth-order valence-corrected chi connectivity index (χ4v) is 9.19. The number of allylic oxidation sites excluding steroid dienone is 2. The summed E-state index contributed by atoms with van der Waals surface area (Å²) in [7, 11) is 2.10. The highest BCUT2D eigenvalue weighted by Gasteiger charge is 2.27. The van der Waals surface area contributed by atoms with Gasteiger partial charge in [0.2, 0.25) is 0 Å². The van der Waals surface area contributed by atoms with Crippen molar-refractivity contribution >= 4 is 17.9 Å². The number of piperidine rings is 1. The van der Waals surface area contributed by atoms with Crippen molar-refractivity contribution in [1.82, 2.24) is 4.90 Å². The largest absolute Gasteiger partial charge is 0.466 e. The van der Waals surface area contributed by atoms with Crippen LogP contribution in [0.2, 0.25) is 0 Å². The summed E-state index contributed by atoms with van der Waals surface area (Å²) in [6.07, 6.45) is 45.9. The molecule has 64 heavy (non-hydrogen) atoms. The predicted octanol–water partition coefficient (Wildman–Crippen LogP) is 15.4. The first-order valence-corrected chi connectivity index (χ1v) is 27.8. The lowest BCUT2D eigenvalue weighted by molar-refractivity contribution is -0.150. The van der Waals surface area contributed by atoms with Crippen molar-refractivity contribution in [3.05, 3.63) is 12.2 Å². The van der Waals surface area contributed by atoms with Gasteiger partial charge in [-0.2, -0.15) is 0 Å². The maximum atomic E-state index is 13.1. The van der Waals surface area contributed by atoms with Gasteiger partial charge in [-0.25, -0.2) is 0 Å². The van der Waals surface area contributed by atoms with Crippen LogP contribution in [0.3, 0.4) is 0 Å². The Balaban J connectivity index is 2.38. The van der Waals surface area contributed by atoms with Gasteiger partial charge in [0.15, 0.2) is 0 Å². The van der Waals surface area contributed by atoms with Gasteiger partial charge in [0.25, 0.3) is 0 Å². The quantitative estimate of drug-likeness (QED) is 0.0279. The number of carbonyl (C=O) groups excluding carboxylic acids is 3. The van der Waals surface area contributed by atoms with Crippen molar-refractivity contribution in [2.45, 2.75) is 277 Å². The minimum atomic E-state index is -0.733. The van der Waals surface area contributed by atoms with E-state index >= 15 is 0 Å². The van der Waals surface area contributed by atoms with Crippen molar-refractivity contribution in [3.63, 3.8) is 0 Å². The maximum absolute atomic E-state index is 13.1. The lowest BCUT2D eigenvalue weighted by atomic mass is 9.85. The minimum Gasteiger partial charge on any atom is -0.466 e. The van der Waals surface area contributed by atoms with Gasteiger partial charge >= 0.3 is 17.9 Å². The van der Waals surface area contributed by atoms with E-state index in [1.165, 1.54) is 109 Å². The van der Waals surface area contributed by atoms with Crippen molar-refractivity contribution in [2.75, 3.05) is 40.0 Å². The van der Waals surface area contributed by atoms with Gasteiger partial charge in [0.1, 0.15) is 0 Å². The maximum Gasteiger partial charge on any atom is 0.309 e. The average Bonchev–Trinajstić information content (AvgIpc) is 3.29. The number of rotatable bonds is 46. The zero-order valence-corrected chi connectivity index (χ0v) is 42.8. The second-order valence-corrected chi connectivity index (χ2v) is 19.9. The number of likely N-dealkylation sites (tertiary alicyclic amines) is 1. The molecular weight excluding hydrogens is 799 g/mol. The van der Waals surface area contributed by atoms with Gasteiger partial charge in [-0.1, -0.05) is 174 Å². The van der Waals surface area contributed by atoms with E-state index in [9.17, 15) is 19.5 Å². The third-order valence-corrected chi connectivity index (χ3v) is 13.7. The zero-order valence-electron chi connectivity index (χ0n) is 42.8. The summed E-state index contributed by atoms with van der Waals surface area (Å²) < 4.78 is 17.1. The third kappa shape index (κ3) is 36.2. The monoisotopic (exact) mass is 904 g/mol. The van der Waals surface area contributed by atoms with E-state index < -0.39 is 5.60 Å². The number of unbranched alkanes of at least 4 members (excludes halogenated alkanes) is 24. The lowest BCUT2D eigenvalue weighted by Crippen LogP contribution is -2.34. The molecule has 0 spiro atoms.